The van der Waals surface area contributed by atoms with Gasteiger partial charge in [-0.25, -0.2) is 0 Å². The van der Waals surface area contributed by atoms with Gasteiger partial charge in [-0.1, -0.05) is 300 Å². The van der Waals surface area contributed by atoms with Crippen LogP contribution in [0, 0.1) is 0 Å². The molecule has 77 heavy (non-hydrogen) atoms. The summed E-state index contributed by atoms with van der Waals surface area (Å²) in [7, 11) is 0. The van der Waals surface area contributed by atoms with Crippen molar-refractivity contribution in [2.45, 2.75) is 276 Å². The maximum Gasteiger partial charge on any atom is 0.220 e. The van der Waals surface area contributed by atoms with Crippen LogP contribution in [0.25, 0.3) is 0 Å². The lowest BCUT2D eigenvalue weighted by Crippen LogP contribution is -2.45. The van der Waals surface area contributed by atoms with Crippen molar-refractivity contribution in [3.05, 3.63) is 170 Å². The van der Waals surface area contributed by atoms with Crippen molar-refractivity contribution in [3.8, 4) is 0 Å². The van der Waals surface area contributed by atoms with Gasteiger partial charge in [-0.3, -0.25) is 4.79 Å². The third kappa shape index (κ3) is 62.5. The molecule has 0 rings (SSSR count). The van der Waals surface area contributed by atoms with E-state index in [1.807, 2.05) is 6.08 Å². The first kappa shape index (κ1) is 72.8. The number of carbonyl (C=O) groups excluding carboxylic acids is 1. The van der Waals surface area contributed by atoms with E-state index in [2.05, 4.69) is 177 Å². The second-order valence-electron chi connectivity index (χ2n) is 20.7. The monoisotopic (exact) mass is 1060 g/mol. The molecule has 0 bridgehead atoms. The highest BCUT2D eigenvalue weighted by molar-refractivity contribution is 5.76. The smallest absolute Gasteiger partial charge is 0.220 e. The topological polar surface area (TPSA) is 69.6 Å². The second kappa shape index (κ2) is 66.0. The first-order valence-electron chi connectivity index (χ1n) is 31.8. The summed E-state index contributed by atoms with van der Waals surface area (Å²) in [5.41, 5.74) is 0. The third-order valence-corrected chi connectivity index (χ3v) is 13.4. The predicted octanol–water partition coefficient (Wildman–Crippen LogP) is 21.9. The van der Waals surface area contributed by atoms with E-state index in [4.69, 9.17) is 0 Å². The van der Waals surface area contributed by atoms with E-state index in [9.17, 15) is 15.0 Å². The highest BCUT2D eigenvalue weighted by atomic mass is 16.3. The lowest BCUT2D eigenvalue weighted by atomic mass is 10.0. The molecule has 0 fully saturated rings. The Balaban J connectivity index is 3.69. The summed E-state index contributed by atoms with van der Waals surface area (Å²) in [4.78, 5) is 12.5. The van der Waals surface area contributed by atoms with Crippen molar-refractivity contribution in [2.24, 2.45) is 0 Å². The predicted molar refractivity (Wildman–Crippen MR) is 344 cm³/mol. The minimum absolute atomic E-state index is 0.0950. The van der Waals surface area contributed by atoms with Gasteiger partial charge in [0.1, 0.15) is 0 Å². The number of unbranched alkanes of at least 4 members (excludes halogenated alkanes) is 23. The maximum absolute atomic E-state index is 12.5. The Morgan fingerprint density at radius 3 is 0.909 bits per heavy atom. The molecule has 0 heterocycles. The molecule has 0 spiro atoms. The third-order valence-electron chi connectivity index (χ3n) is 13.4. The van der Waals surface area contributed by atoms with E-state index in [1.165, 1.54) is 122 Å². The summed E-state index contributed by atoms with van der Waals surface area (Å²) in [5.74, 6) is -0.0950. The summed E-state index contributed by atoms with van der Waals surface area (Å²) in [6.45, 7) is 4.18. The van der Waals surface area contributed by atoms with Crippen LogP contribution >= 0.6 is 0 Å². The van der Waals surface area contributed by atoms with Gasteiger partial charge in [0, 0.05) is 6.42 Å². The first-order valence-corrected chi connectivity index (χ1v) is 31.8. The van der Waals surface area contributed by atoms with Crippen molar-refractivity contribution in [1.82, 2.24) is 5.32 Å². The maximum atomic E-state index is 12.5. The van der Waals surface area contributed by atoms with Crippen molar-refractivity contribution < 1.29 is 15.0 Å². The number of rotatable bonds is 56. The Kier molecular flexibility index (Phi) is 62.4. The van der Waals surface area contributed by atoms with Gasteiger partial charge in [-0.05, 0) is 128 Å². The van der Waals surface area contributed by atoms with Crippen LogP contribution in [0.15, 0.2) is 170 Å². The quantitative estimate of drug-likeness (QED) is 0.0420. The summed E-state index contributed by atoms with van der Waals surface area (Å²) in [6, 6.07) is -0.666. The molecule has 0 aromatic rings. The minimum Gasteiger partial charge on any atom is -0.394 e. The summed E-state index contributed by atoms with van der Waals surface area (Å²) < 4.78 is 0. The number of nitrogens with one attached hydrogen (secondary N) is 1. The molecule has 0 aromatic carbocycles. The number of aliphatic hydroxyl groups is 2. The Hall–Kier alpha value is -4.25. The molecule has 2 atom stereocenters. The summed E-state index contributed by atoms with van der Waals surface area (Å²) in [5, 5.41) is 23.2. The van der Waals surface area contributed by atoms with Gasteiger partial charge in [0.05, 0.1) is 18.8 Å². The molecular formula is C73H119NO3. The number of amides is 1. The van der Waals surface area contributed by atoms with Gasteiger partial charge in [-0.2, -0.15) is 0 Å². The molecule has 0 radical (unpaired) electrons. The first-order chi connectivity index (χ1) is 38.2. The second-order valence-corrected chi connectivity index (χ2v) is 20.7. The number of aliphatic hydroxyl groups excluding tert-OH is 2. The fraction of sp³-hybridized carbons (Fsp3) is 0.603. The van der Waals surface area contributed by atoms with Gasteiger partial charge in [0.15, 0.2) is 0 Å². The zero-order chi connectivity index (χ0) is 55.5. The Morgan fingerprint density at radius 2 is 0.584 bits per heavy atom. The largest absolute Gasteiger partial charge is 0.394 e. The molecule has 434 valence electrons. The van der Waals surface area contributed by atoms with E-state index in [0.717, 1.165) is 122 Å². The van der Waals surface area contributed by atoms with Gasteiger partial charge < -0.3 is 15.5 Å². The fourth-order valence-corrected chi connectivity index (χ4v) is 8.63. The van der Waals surface area contributed by atoms with Gasteiger partial charge in [0.2, 0.25) is 5.91 Å². The zero-order valence-corrected chi connectivity index (χ0v) is 49.9. The van der Waals surface area contributed by atoms with Crippen LogP contribution in [0.5, 0.6) is 0 Å². The van der Waals surface area contributed by atoms with Crippen LogP contribution < -0.4 is 5.32 Å². The van der Waals surface area contributed by atoms with Crippen LogP contribution in [0.1, 0.15) is 264 Å². The molecule has 2 unspecified atom stereocenters. The molecule has 1 amide bonds. The van der Waals surface area contributed by atoms with Crippen molar-refractivity contribution in [1.29, 1.82) is 0 Å². The molecule has 0 saturated carbocycles. The molecule has 3 N–H and O–H groups in total. The highest BCUT2D eigenvalue weighted by Crippen LogP contribution is 2.15. The van der Waals surface area contributed by atoms with Crippen molar-refractivity contribution in [2.75, 3.05) is 6.61 Å². The molecule has 0 aliphatic carbocycles. The van der Waals surface area contributed by atoms with E-state index in [-0.39, 0.29) is 12.5 Å². The van der Waals surface area contributed by atoms with Gasteiger partial charge in [0.25, 0.3) is 0 Å². The molecule has 0 aliphatic heterocycles. The number of carbonyl (C=O) groups is 1. The fourth-order valence-electron chi connectivity index (χ4n) is 8.63. The van der Waals surface area contributed by atoms with Crippen molar-refractivity contribution >= 4 is 5.91 Å². The van der Waals surface area contributed by atoms with Crippen LogP contribution in [0.4, 0.5) is 0 Å². The molecule has 0 aromatic heterocycles. The minimum atomic E-state index is -0.888. The van der Waals surface area contributed by atoms with Crippen LogP contribution in [-0.2, 0) is 4.79 Å². The van der Waals surface area contributed by atoms with E-state index < -0.39 is 12.1 Å². The molecule has 4 heteroatoms. The molecule has 0 saturated heterocycles. The lowest BCUT2D eigenvalue weighted by Gasteiger charge is -2.19. The van der Waals surface area contributed by atoms with Crippen molar-refractivity contribution in [3.63, 3.8) is 0 Å². The van der Waals surface area contributed by atoms with Crippen LogP contribution in [0.2, 0.25) is 0 Å². The van der Waals surface area contributed by atoms with Gasteiger partial charge >= 0.3 is 0 Å². The van der Waals surface area contributed by atoms with E-state index in [1.54, 1.807) is 6.08 Å². The summed E-state index contributed by atoms with van der Waals surface area (Å²) >= 11 is 0. The number of allylic oxidation sites excluding steroid dienone is 27. The average molecular weight is 1060 g/mol. The van der Waals surface area contributed by atoms with E-state index >= 15 is 0 Å². The molecule has 0 aliphatic rings. The SMILES string of the molecule is CC/C=C\C/C=C\C/C=C\C/C=C\C/C=C\C/C=C\C/C=C\C/C=C\C/C=C\C/C=C\C/C=C\CCCCCCCCCC(=O)NC(CO)C(O)/C=C/CC/C=C/CC/C=C/CCCCCCCCCCCCCCCC. The van der Waals surface area contributed by atoms with Crippen LogP contribution in [0.3, 0.4) is 0 Å². The Labute approximate surface area is 477 Å². The lowest BCUT2D eigenvalue weighted by molar-refractivity contribution is -0.123. The average Bonchev–Trinajstić information content (AvgIpc) is 3.43. The Morgan fingerprint density at radius 1 is 0.325 bits per heavy atom. The highest BCUT2D eigenvalue weighted by Gasteiger charge is 2.18. The normalized spacial score (nSPS) is 14.0. The molecule has 4 nitrogen and oxygen atoms in total. The summed E-state index contributed by atoms with van der Waals surface area (Å²) in [6.07, 6.45) is 107. The molecular weight excluding hydrogens is 939 g/mol. The van der Waals surface area contributed by atoms with Crippen LogP contribution in [-0.4, -0.2) is 34.9 Å². The number of hydrogen-bond donors (Lipinski definition) is 3. The Bertz CT molecular complexity index is 1670. The number of hydrogen-bond acceptors (Lipinski definition) is 3. The zero-order valence-electron chi connectivity index (χ0n) is 49.9. The van der Waals surface area contributed by atoms with Gasteiger partial charge in [-0.15, -0.1) is 0 Å². The standard InChI is InChI=1S/C73H119NO3/c1-3-5-7-9-11-13-15-17-19-21-23-25-27-29-30-31-32-33-34-35-36-37-38-39-40-41-42-43-44-45-47-49-51-53-55-57-59-61-63-65-67-69-73(77)74-71(70-75)72(76)68-66-64-62-60-58-56-54-52-50-48-46-28-26-24-22-20-18-16-14-12-10-8-6-4-2/h5,7,11,13,17,19,23,25,29-30,32-33,35-36,38-39,41-42,44-45,49-52,58,60,66,68,71-72,75-76H,3-4,6,8-10,12,14-16,18,20-22,24,26-28,31,34,37,40,43,46-48,53-57,59,61-65,67,69-70H2,1-2H3,(H,74,77)/b7-5-,13-11-,19-17-,25-23-,30-29-,33-32-,36-35-,39-38-,42-41-,45-44-,51-49-,52-50+,60-58+,68-66+. The van der Waals surface area contributed by atoms with E-state index in [0.29, 0.717) is 6.42 Å².